The maximum Gasteiger partial charge on any atom is 0.288 e. The second kappa shape index (κ2) is 3.79. The van der Waals surface area contributed by atoms with Crippen LogP contribution >= 0.6 is 0 Å². The summed E-state index contributed by atoms with van der Waals surface area (Å²) < 4.78 is 5.83. The standard InChI is InChI=1S/C7H10N4O5/c8-4(14)5-9-1-11(10-5)6-2(12)3(13)7(15)16-6/h1-3,6-7,12-13,15H,(H2,8,14)/t2-,3+,6-,7+/m0/s1. The molecule has 88 valence electrons. The highest BCUT2D eigenvalue weighted by Crippen LogP contribution is 2.26. The van der Waals surface area contributed by atoms with Crippen molar-refractivity contribution in [1.29, 1.82) is 0 Å². The van der Waals surface area contributed by atoms with Gasteiger partial charge in [0.1, 0.15) is 18.5 Å². The molecule has 9 heteroatoms. The van der Waals surface area contributed by atoms with Gasteiger partial charge in [0.25, 0.3) is 5.91 Å². The molecule has 0 aliphatic carbocycles. The molecule has 0 spiro atoms. The Morgan fingerprint density at radius 2 is 2.12 bits per heavy atom. The van der Waals surface area contributed by atoms with Crippen molar-refractivity contribution in [2.24, 2.45) is 5.73 Å². The predicted octanol–water partition coefficient (Wildman–Crippen LogP) is -3.05. The topological polar surface area (TPSA) is 144 Å². The van der Waals surface area contributed by atoms with Gasteiger partial charge in [-0.05, 0) is 0 Å². The van der Waals surface area contributed by atoms with Crippen molar-refractivity contribution in [2.75, 3.05) is 0 Å². The van der Waals surface area contributed by atoms with Crippen LogP contribution in [0, 0.1) is 0 Å². The summed E-state index contributed by atoms with van der Waals surface area (Å²) in [5.41, 5.74) is 4.94. The van der Waals surface area contributed by atoms with E-state index in [0.29, 0.717) is 0 Å². The number of primary amides is 1. The second-order valence-corrected chi connectivity index (χ2v) is 3.31. The lowest BCUT2D eigenvalue weighted by molar-refractivity contribution is -0.144. The highest BCUT2D eigenvalue weighted by Gasteiger charge is 2.43. The van der Waals surface area contributed by atoms with Crippen LogP contribution < -0.4 is 5.73 Å². The third-order valence-electron chi connectivity index (χ3n) is 2.20. The molecule has 0 bridgehead atoms. The summed E-state index contributed by atoms with van der Waals surface area (Å²) in [6.45, 7) is 0. The van der Waals surface area contributed by atoms with E-state index >= 15 is 0 Å². The van der Waals surface area contributed by atoms with E-state index in [-0.39, 0.29) is 5.82 Å². The third kappa shape index (κ3) is 1.65. The smallest absolute Gasteiger partial charge is 0.288 e. The summed E-state index contributed by atoms with van der Waals surface area (Å²) in [5, 5.41) is 31.5. The number of hydrogen-bond acceptors (Lipinski definition) is 7. The molecule has 1 aliphatic heterocycles. The van der Waals surface area contributed by atoms with E-state index in [4.69, 9.17) is 15.6 Å². The summed E-state index contributed by atoms with van der Waals surface area (Å²) in [5.74, 6) is -1.07. The molecule has 0 unspecified atom stereocenters. The molecule has 2 heterocycles. The van der Waals surface area contributed by atoms with Crippen LogP contribution in [0.25, 0.3) is 0 Å². The molecule has 9 nitrogen and oxygen atoms in total. The Bertz CT molecular complexity index is 407. The van der Waals surface area contributed by atoms with Crippen LogP contribution in [0.15, 0.2) is 6.33 Å². The minimum Gasteiger partial charge on any atom is -0.385 e. The number of aliphatic hydroxyl groups excluding tert-OH is 3. The largest absolute Gasteiger partial charge is 0.385 e. The summed E-state index contributed by atoms with van der Waals surface area (Å²) in [4.78, 5) is 14.3. The zero-order valence-electron chi connectivity index (χ0n) is 7.96. The van der Waals surface area contributed by atoms with Crippen LogP contribution in [0.3, 0.4) is 0 Å². The van der Waals surface area contributed by atoms with E-state index in [2.05, 4.69) is 10.1 Å². The van der Waals surface area contributed by atoms with Crippen molar-refractivity contribution in [3.05, 3.63) is 12.2 Å². The molecule has 1 aliphatic rings. The van der Waals surface area contributed by atoms with Crippen molar-refractivity contribution in [3.63, 3.8) is 0 Å². The van der Waals surface area contributed by atoms with Gasteiger partial charge in [-0.25, -0.2) is 9.67 Å². The molecule has 16 heavy (non-hydrogen) atoms. The average molecular weight is 230 g/mol. The molecule has 0 radical (unpaired) electrons. The van der Waals surface area contributed by atoms with E-state index in [9.17, 15) is 15.0 Å². The van der Waals surface area contributed by atoms with E-state index in [1.54, 1.807) is 0 Å². The minimum absolute atomic E-state index is 0.244. The number of nitrogens with zero attached hydrogens (tertiary/aromatic N) is 3. The van der Waals surface area contributed by atoms with E-state index in [0.717, 1.165) is 11.0 Å². The van der Waals surface area contributed by atoms with Crippen LogP contribution in [-0.4, -0.2) is 54.5 Å². The number of ether oxygens (including phenoxy) is 1. The quantitative estimate of drug-likeness (QED) is 0.422. The Morgan fingerprint density at radius 3 is 2.56 bits per heavy atom. The van der Waals surface area contributed by atoms with Gasteiger partial charge in [0.05, 0.1) is 0 Å². The SMILES string of the molecule is NC(=O)c1ncn([C@H]2O[C@@H](O)[C@H](O)[C@@H]2O)n1. The number of rotatable bonds is 2. The monoisotopic (exact) mass is 230 g/mol. The second-order valence-electron chi connectivity index (χ2n) is 3.31. The van der Waals surface area contributed by atoms with Crippen LogP contribution in [0.2, 0.25) is 0 Å². The molecule has 4 atom stereocenters. The fourth-order valence-electron chi connectivity index (χ4n) is 1.37. The van der Waals surface area contributed by atoms with Crippen molar-refractivity contribution < 1.29 is 24.9 Å². The summed E-state index contributed by atoms with van der Waals surface area (Å²) in [6, 6.07) is 0. The van der Waals surface area contributed by atoms with Gasteiger partial charge in [-0.3, -0.25) is 4.79 Å². The molecule has 1 amide bonds. The summed E-state index contributed by atoms with van der Waals surface area (Å²) in [7, 11) is 0. The molecular weight excluding hydrogens is 220 g/mol. The minimum atomic E-state index is -1.51. The fraction of sp³-hybridized carbons (Fsp3) is 0.571. The van der Waals surface area contributed by atoms with E-state index in [1.165, 1.54) is 0 Å². The summed E-state index contributed by atoms with van der Waals surface area (Å²) >= 11 is 0. The van der Waals surface area contributed by atoms with Crippen molar-refractivity contribution in [1.82, 2.24) is 14.8 Å². The van der Waals surface area contributed by atoms with Gasteiger partial charge in [-0.15, -0.1) is 5.10 Å². The van der Waals surface area contributed by atoms with Gasteiger partial charge in [0.2, 0.25) is 5.82 Å². The van der Waals surface area contributed by atoms with Crippen LogP contribution in [0.4, 0.5) is 0 Å². The molecule has 1 fully saturated rings. The zero-order valence-corrected chi connectivity index (χ0v) is 7.96. The molecule has 1 aromatic rings. The maximum absolute atomic E-state index is 10.7. The first kappa shape index (κ1) is 11.0. The molecule has 2 rings (SSSR count). The Balaban J connectivity index is 2.21. The van der Waals surface area contributed by atoms with Gasteiger partial charge in [-0.1, -0.05) is 0 Å². The van der Waals surface area contributed by atoms with Crippen LogP contribution in [0.1, 0.15) is 16.8 Å². The number of aliphatic hydroxyl groups is 3. The van der Waals surface area contributed by atoms with Gasteiger partial charge < -0.3 is 25.8 Å². The first-order chi connectivity index (χ1) is 7.50. The lowest BCUT2D eigenvalue weighted by Crippen LogP contribution is -2.31. The highest BCUT2D eigenvalue weighted by atomic mass is 16.7. The van der Waals surface area contributed by atoms with Crippen molar-refractivity contribution >= 4 is 5.91 Å². The maximum atomic E-state index is 10.7. The molecular formula is C7H10N4O5. The van der Waals surface area contributed by atoms with Crippen LogP contribution in [-0.2, 0) is 4.74 Å². The van der Waals surface area contributed by atoms with Gasteiger partial charge in [0.15, 0.2) is 12.5 Å². The Hall–Kier alpha value is -1.55. The zero-order chi connectivity index (χ0) is 11.9. The van der Waals surface area contributed by atoms with E-state index in [1.807, 2.05) is 0 Å². The molecule has 1 saturated heterocycles. The Kier molecular flexibility index (Phi) is 2.59. The predicted molar refractivity (Wildman–Crippen MR) is 46.7 cm³/mol. The third-order valence-corrected chi connectivity index (χ3v) is 2.20. The van der Waals surface area contributed by atoms with Crippen molar-refractivity contribution in [2.45, 2.75) is 24.7 Å². The van der Waals surface area contributed by atoms with Crippen LogP contribution in [0.5, 0.6) is 0 Å². The number of hydrogen-bond donors (Lipinski definition) is 4. The number of amides is 1. The molecule has 5 N–H and O–H groups in total. The molecule has 1 aromatic heterocycles. The number of carbonyl (C=O) groups excluding carboxylic acids is 1. The van der Waals surface area contributed by atoms with Crippen molar-refractivity contribution in [3.8, 4) is 0 Å². The number of nitrogens with two attached hydrogens (primary N) is 1. The summed E-state index contributed by atoms with van der Waals surface area (Å²) in [6.07, 6.45) is -4.31. The normalized spacial score (nSPS) is 34.2. The van der Waals surface area contributed by atoms with E-state index < -0.39 is 30.6 Å². The lowest BCUT2D eigenvalue weighted by Gasteiger charge is -2.13. The van der Waals surface area contributed by atoms with Gasteiger partial charge in [-0.2, -0.15) is 0 Å². The Morgan fingerprint density at radius 1 is 1.44 bits per heavy atom. The number of aromatic nitrogens is 3. The number of carbonyl (C=O) groups is 1. The van der Waals surface area contributed by atoms with Gasteiger partial charge in [0, 0.05) is 0 Å². The fourth-order valence-corrected chi connectivity index (χ4v) is 1.37. The first-order valence-corrected chi connectivity index (χ1v) is 4.41. The average Bonchev–Trinajstić information content (AvgIpc) is 2.79. The lowest BCUT2D eigenvalue weighted by atomic mass is 10.2. The molecule has 0 saturated carbocycles. The highest BCUT2D eigenvalue weighted by molar-refractivity contribution is 5.88. The Labute approximate surface area is 89.1 Å². The van der Waals surface area contributed by atoms with Gasteiger partial charge >= 0.3 is 0 Å². The molecule has 0 aromatic carbocycles. The first-order valence-electron chi connectivity index (χ1n) is 4.41.